The molecule has 1 aromatic rings. The lowest BCUT2D eigenvalue weighted by Crippen LogP contribution is -2.41. The number of methoxy groups -OCH3 is 1. The first-order valence-electron chi connectivity index (χ1n) is 9.40. The van der Waals surface area contributed by atoms with E-state index >= 15 is 0 Å². The van der Waals surface area contributed by atoms with Crippen molar-refractivity contribution in [1.82, 2.24) is 10.2 Å². The number of urea groups is 1. The number of rotatable bonds is 10. The summed E-state index contributed by atoms with van der Waals surface area (Å²) in [6.45, 7) is 7.85. The summed E-state index contributed by atoms with van der Waals surface area (Å²) in [4.78, 5) is 28.2. The molecule has 3 amide bonds. The molecule has 0 heterocycles. The van der Waals surface area contributed by atoms with Gasteiger partial charge in [-0.05, 0) is 36.6 Å². The first-order valence-corrected chi connectivity index (χ1v) is 9.40. The Kier molecular flexibility index (Phi) is 9.64. The number of hydrogen-bond donors (Lipinski definition) is 2. The minimum atomic E-state index is -0.131. The Labute approximate surface area is 163 Å². The van der Waals surface area contributed by atoms with Crippen molar-refractivity contribution in [2.24, 2.45) is 5.92 Å². The Hall–Kier alpha value is -2.28. The minimum Gasteiger partial charge on any atom is -0.383 e. The Balaban J connectivity index is 3.06. The van der Waals surface area contributed by atoms with E-state index in [1.165, 1.54) is 0 Å². The van der Waals surface area contributed by atoms with E-state index in [-0.39, 0.29) is 11.9 Å². The summed E-state index contributed by atoms with van der Waals surface area (Å²) in [5.74, 6) is 0.293. The van der Waals surface area contributed by atoms with E-state index in [1.807, 2.05) is 58.0 Å². The molecular weight excluding hydrogens is 344 g/mol. The maximum Gasteiger partial charge on any atom is 0.317 e. The van der Waals surface area contributed by atoms with Gasteiger partial charge in [-0.25, -0.2) is 4.79 Å². The van der Waals surface area contributed by atoms with Gasteiger partial charge in [0.1, 0.15) is 0 Å². The van der Waals surface area contributed by atoms with Crippen LogP contribution in [0.3, 0.4) is 0 Å². The van der Waals surface area contributed by atoms with Gasteiger partial charge in [-0.15, -0.1) is 0 Å². The summed E-state index contributed by atoms with van der Waals surface area (Å²) in [5, 5.41) is 5.79. The maximum absolute atomic E-state index is 12.4. The van der Waals surface area contributed by atoms with Crippen molar-refractivity contribution in [3.8, 4) is 0 Å². The summed E-state index contributed by atoms with van der Waals surface area (Å²) in [6, 6.07) is 5.66. The van der Waals surface area contributed by atoms with E-state index in [9.17, 15) is 9.59 Å². The smallest absolute Gasteiger partial charge is 0.317 e. The van der Waals surface area contributed by atoms with E-state index < -0.39 is 0 Å². The fraction of sp³-hybridized carbons (Fsp3) is 0.600. The summed E-state index contributed by atoms with van der Waals surface area (Å²) in [6.07, 6.45) is 0.476. The van der Waals surface area contributed by atoms with E-state index in [4.69, 9.17) is 4.74 Å². The Morgan fingerprint density at radius 3 is 2.48 bits per heavy atom. The fourth-order valence-electron chi connectivity index (χ4n) is 2.73. The van der Waals surface area contributed by atoms with Gasteiger partial charge in [0.2, 0.25) is 5.91 Å². The number of nitrogens with zero attached hydrogens (tertiary/aromatic N) is 2. The van der Waals surface area contributed by atoms with Crippen molar-refractivity contribution >= 4 is 23.3 Å². The summed E-state index contributed by atoms with van der Waals surface area (Å²) < 4.78 is 5.14. The zero-order chi connectivity index (χ0) is 20.4. The number of hydrogen-bond acceptors (Lipinski definition) is 4. The van der Waals surface area contributed by atoms with Crippen LogP contribution in [0, 0.1) is 5.92 Å². The largest absolute Gasteiger partial charge is 0.383 e. The van der Waals surface area contributed by atoms with Gasteiger partial charge in [0, 0.05) is 58.6 Å². The van der Waals surface area contributed by atoms with Gasteiger partial charge in [-0.2, -0.15) is 0 Å². The van der Waals surface area contributed by atoms with Crippen LogP contribution in [0.4, 0.5) is 16.2 Å². The molecule has 0 saturated heterocycles. The first kappa shape index (κ1) is 22.8. The van der Waals surface area contributed by atoms with Gasteiger partial charge in [0.25, 0.3) is 0 Å². The monoisotopic (exact) mass is 378 g/mol. The number of anilines is 2. The molecule has 1 rings (SSSR count). The van der Waals surface area contributed by atoms with Crippen LogP contribution in [0.2, 0.25) is 0 Å². The fourth-order valence-corrected chi connectivity index (χ4v) is 2.73. The van der Waals surface area contributed by atoms with Crippen molar-refractivity contribution in [1.29, 1.82) is 0 Å². The number of benzene rings is 1. The standard InChI is InChI=1S/C20H34N4O3/c1-7-21-20(26)24(10-11-27-6)14-16-13-17(8-9-18(16)23(4)5)22-19(25)12-15(2)3/h8-9,13,15H,7,10-12,14H2,1-6H3,(H,21,26)(H,22,25). The number of carbonyl (C=O) groups is 2. The molecule has 0 atom stereocenters. The quantitative estimate of drug-likeness (QED) is 0.656. The van der Waals surface area contributed by atoms with Crippen molar-refractivity contribution in [2.45, 2.75) is 33.7 Å². The second-order valence-corrected chi connectivity index (χ2v) is 7.13. The maximum atomic E-state index is 12.4. The van der Waals surface area contributed by atoms with E-state index in [0.717, 1.165) is 16.9 Å². The van der Waals surface area contributed by atoms with Crippen LogP contribution in [0.25, 0.3) is 0 Å². The van der Waals surface area contributed by atoms with Gasteiger partial charge in [0.15, 0.2) is 0 Å². The molecule has 0 unspecified atom stereocenters. The van der Waals surface area contributed by atoms with Gasteiger partial charge in [-0.1, -0.05) is 13.8 Å². The Bertz CT molecular complexity index is 617. The van der Waals surface area contributed by atoms with Crippen LogP contribution in [0.5, 0.6) is 0 Å². The third-order valence-corrected chi connectivity index (χ3v) is 3.98. The van der Waals surface area contributed by atoms with E-state index in [1.54, 1.807) is 12.0 Å². The average Bonchev–Trinajstić information content (AvgIpc) is 2.57. The van der Waals surface area contributed by atoms with Crippen molar-refractivity contribution in [3.05, 3.63) is 23.8 Å². The SMILES string of the molecule is CCNC(=O)N(CCOC)Cc1cc(NC(=O)CC(C)C)ccc1N(C)C. The Morgan fingerprint density at radius 2 is 1.93 bits per heavy atom. The average molecular weight is 379 g/mol. The lowest BCUT2D eigenvalue weighted by atomic mass is 10.1. The molecule has 0 bridgehead atoms. The van der Waals surface area contributed by atoms with Crippen molar-refractivity contribution < 1.29 is 14.3 Å². The molecule has 7 heteroatoms. The van der Waals surface area contributed by atoms with Gasteiger partial charge in [0.05, 0.1) is 6.61 Å². The van der Waals surface area contributed by atoms with Gasteiger partial charge < -0.3 is 25.2 Å². The molecular formula is C20H34N4O3. The summed E-state index contributed by atoms with van der Waals surface area (Å²) in [7, 11) is 5.54. The molecule has 2 N–H and O–H groups in total. The zero-order valence-electron chi connectivity index (χ0n) is 17.5. The number of nitrogens with one attached hydrogen (secondary N) is 2. The molecule has 0 fully saturated rings. The molecule has 0 spiro atoms. The molecule has 7 nitrogen and oxygen atoms in total. The predicted octanol–water partition coefficient (Wildman–Crippen LogP) is 2.92. The molecule has 27 heavy (non-hydrogen) atoms. The van der Waals surface area contributed by atoms with Gasteiger partial charge in [-0.3, -0.25) is 4.79 Å². The number of carbonyl (C=O) groups excluding carboxylic acids is 2. The van der Waals surface area contributed by atoms with Crippen LogP contribution >= 0.6 is 0 Å². The molecule has 0 saturated carbocycles. The van der Waals surface area contributed by atoms with Crippen LogP contribution in [0.15, 0.2) is 18.2 Å². The molecule has 0 aliphatic rings. The Morgan fingerprint density at radius 1 is 1.22 bits per heavy atom. The molecule has 0 aliphatic heterocycles. The molecule has 152 valence electrons. The zero-order valence-corrected chi connectivity index (χ0v) is 17.5. The third kappa shape index (κ3) is 7.86. The number of ether oxygens (including phenoxy) is 1. The summed E-state index contributed by atoms with van der Waals surface area (Å²) in [5.41, 5.74) is 2.71. The van der Waals surface area contributed by atoms with Crippen LogP contribution in [-0.2, 0) is 16.1 Å². The van der Waals surface area contributed by atoms with Crippen molar-refractivity contribution in [2.75, 3.05) is 51.1 Å². The molecule has 1 aromatic carbocycles. The highest BCUT2D eigenvalue weighted by Crippen LogP contribution is 2.25. The summed E-state index contributed by atoms with van der Waals surface area (Å²) >= 11 is 0. The lowest BCUT2D eigenvalue weighted by molar-refractivity contribution is -0.116. The predicted molar refractivity (Wildman–Crippen MR) is 110 cm³/mol. The van der Waals surface area contributed by atoms with Crippen LogP contribution < -0.4 is 15.5 Å². The first-order chi connectivity index (χ1) is 12.8. The second-order valence-electron chi connectivity index (χ2n) is 7.13. The third-order valence-electron chi connectivity index (χ3n) is 3.98. The highest BCUT2D eigenvalue weighted by Gasteiger charge is 2.17. The lowest BCUT2D eigenvalue weighted by Gasteiger charge is -2.26. The second kappa shape index (κ2) is 11.4. The normalized spacial score (nSPS) is 10.6. The highest BCUT2D eigenvalue weighted by molar-refractivity contribution is 5.91. The number of amides is 3. The molecule has 0 aliphatic carbocycles. The van der Waals surface area contributed by atoms with Crippen LogP contribution in [-0.4, -0.2) is 57.7 Å². The highest BCUT2D eigenvalue weighted by atomic mass is 16.5. The van der Waals surface area contributed by atoms with E-state index in [0.29, 0.717) is 38.6 Å². The molecule has 0 aromatic heterocycles. The molecule has 0 radical (unpaired) electrons. The van der Waals surface area contributed by atoms with E-state index in [2.05, 4.69) is 10.6 Å². The minimum absolute atomic E-state index is 0.00600. The van der Waals surface area contributed by atoms with Crippen molar-refractivity contribution in [3.63, 3.8) is 0 Å². The topological polar surface area (TPSA) is 73.9 Å². The van der Waals surface area contributed by atoms with Crippen LogP contribution in [0.1, 0.15) is 32.8 Å². The van der Waals surface area contributed by atoms with Gasteiger partial charge >= 0.3 is 6.03 Å².